The number of hydrogen-bond donors (Lipinski definition) is 2. The molecule has 16 heavy (non-hydrogen) atoms. The summed E-state index contributed by atoms with van der Waals surface area (Å²) in [6.45, 7) is 7.34. The number of nitrogens with one attached hydrogen (secondary N) is 2. The molecule has 0 heterocycles. The minimum atomic E-state index is 0. The van der Waals surface area contributed by atoms with Crippen molar-refractivity contribution in [3.8, 4) is 0 Å². The van der Waals surface area contributed by atoms with Crippen LogP contribution in [0.25, 0.3) is 0 Å². The second-order valence-electron chi connectivity index (χ2n) is 4.30. The summed E-state index contributed by atoms with van der Waals surface area (Å²) in [7, 11) is 0. The fraction of sp³-hybridized carbons (Fsp3) is 0.917. The van der Waals surface area contributed by atoms with Gasteiger partial charge in [0.25, 0.3) is 0 Å². The summed E-state index contributed by atoms with van der Waals surface area (Å²) in [4.78, 5) is 4.57. The lowest BCUT2D eigenvalue weighted by Gasteiger charge is -2.10. The summed E-state index contributed by atoms with van der Waals surface area (Å²) in [6, 6.07) is 0. The van der Waals surface area contributed by atoms with Gasteiger partial charge in [0.1, 0.15) is 0 Å². The molecule has 4 heteroatoms. The van der Waals surface area contributed by atoms with Gasteiger partial charge in [0.2, 0.25) is 0 Å². The van der Waals surface area contributed by atoms with Crippen molar-refractivity contribution in [1.82, 2.24) is 10.6 Å². The van der Waals surface area contributed by atoms with Crippen LogP contribution in [-0.2, 0) is 0 Å². The SMILES string of the molecule is CCCCCNC(=NCC1CC1)NCC.I. The predicted molar refractivity (Wildman–Crippen MR) is 81.6 cm³/mol. The molecular formula is C12H26IN3. The summed E-state index contributed by atoms with van der Waals surface area (Å²) in [5.74, 6) is 1.87. The number of nitrogens with zero attached hydrogens (tertiary/aromatic N) is 1. The largest absolute Gasteiger partial charge is 0.357 e. The molecule has 0 saturated heterocycles. The maximum atomic E-state index is 4.57. The van der Waals surface area contributed by atoms with E-state index in [0.717, 1.165) is 31.5 Å². The first-order chi connectivity index (χ1) is 7.36. The van der Waals surface area contributed by atoms with Crippen molar-refractivity contribution in [2.45, 2.75) is 46.0 Å². The van der Waals surface area contributed by atoms with Crippen molar-refractivity contribution in [3.05, 3.63) is 0 Å². The molecule has 2 N–H and O–H groups in total. The van der Waals surface area contributed by atoms with E-state index in [1.165, 1.54) is 32.1 Å². The van der Waals surface area contributed by atoms with Crippen molar-refractivity contribution in [2.24, 2.45) is 10.9 Å². The number of hydrogen-bond acceptors (Lipinski definition) is 1. The fourth-order valence-electron chi connectivity index (χ4n) is 1.44. The monoisotopic (exact) mass is 339 g/mol. The van der Waals surface area contributed by atoms with Gasteiger partial charge in [0, 0.05) is 19.6 Å². The van der Waals surface area contributed by atoms with E-state index < -0.39 is 0 Å². The van der Waals surface area contributed by atoms with Crippen molar-refractivity contribution in [2.75, 3.05) is 19.6 Å². The number of unbranched alkanes of at least 4 members (excludes halogenated alkanes) is 2. The van der Waals surface area contributed by atoms with Gasteiger partial charge in [0.15, 0.2) is 5.96 Å². The second kappa shape index (κ2) is 10.2. The van der Waals surface area contributed by atoms with Gasteiger partial charge in [-0.25, -0.2) is 0 Å². The minimum Gasteiger partial charge on any atom is -0.357 e. The van der Waals surface area contributed by atoms with E-state index in [0.29, 0.717) is 0 Å². The zero-order valence-electron chi connectivity index (χ0n) is 10.6. The molecule has 0 aromatic carbocycles. The predicted octanol–water partition coefficient (Wildman–Crippen LogP) is 2.76. The zero-order valence-corrected chi connectivity index (χ0v) is 12.9. The molecule has 1 rings (SSSR count). The van der Waals surface area contributed by atoms with Crippen molar-refractivity contribution < 1.29 is 0 Å². The Morgan fingerprint density at radius 1 is 1.19 bits per heavy atom. The smallest absolute Gasteiger partial charge is 0.191 e. The first kappa shape index (κ1) is 16.0. The van der Waals surface area contributed by atoms with Gasteiger partial charge in [-0.05, 0) is 32.1 Å². The lowest BCUT2D eigenvalue weighted by atomic mass is 10.2. The van der Waals surface area contributed by atoms with E-state index in [2.05, 4.69) is 29.5 Å². The van der Waals surface area contributed by atoms with E-state index >= 15 is 0 Å². The van der Waals surface area contributed by atoms with Gasteiger partial charge in [-0.15, -0.1) is 24.0 Å². The van der Waals surface area contributed by atoms with Crippen LogP contribution >= 0.6 is 24.0 Å². The topological polar surface area (TPSA) is 36.4 Å². The van der Waals surface area contributed by atoms with Crippen LogP contribution < -0.4 is 10.6 Å². The Labute approximate surface area is 117 Å². The number of guanidine groups is 1. The Morgan fingerprint density at radius 2 is 1.94 bits per heavy atom. The molecule has 0 aliphatic heterocycles. The van der Waals surface area contributed by atoms with Crippen molar-refractivity contribution in [3.63, 3.8) is 0 Å². The summed E-state index contributed by atoms with van der Waals surface area (Å²) in [5.41, 5.74) is 0. The quantitative estimate of drug-likeness (QED) is 0.324. The number of aliphatic imine (C=N–C) groups is 1. The summed E-state index contributed by atoms with van der Waals surface area (Å²) in [5, 5.41) is 6.66. The second-order valence-corrected chi connectivity index (χ2v) is 4.30. The van der Waals surface area contributed by atoms with E-state index in [-0.39, 0.29) is 24.0 Å². The first-order valence-electron chi connectivity index (χ1n) is 6.39. The molecule has 0 atom stereocenters. The highest BCUT2D eigenvalue weighted by molar-refractivity contribution is 14.0. The number of rotatable bonds is 7. The molecule has 1 aliphatic carbocycles. The molecule has 0 amide bonds. The van der Waals surface area contributed by atoms with Gasteiger partial charge >= 0.3 is 0 Å². The van der Waals surface area contributed by atoms with Gasteiger partial charge in [0.05, 0.1) is 0 Å². The Morgan fingerprint density at radius 3 is 2.50 bits per heavy atom. The molecule has 0 aromatic rings. The lowest BCUT2D eigenvalue weighted by Crippen LogP contribution is -2.37. The molecule has 0 unspecified atom stereocenters. The third-order valence-corrected chi connectivity index (χ3v) is 2.62. The Hall–Kier alpha value is 0. The maximum absolute atomic E-state index is 4.57. The minimum absolute atomic E-state index is 0. The highest BCUT2D eigenvalue weighted by Gasteiger charge is 2.20. The van der Waals surface area contributed by atoms with E-state index in [9.17, 15) is 0 Å². The molecule has 1 aliphatic rings. The van der Waals surface area contributed by atoms with Gasteiger partial charge in [-0.3, -0.25) is 4.99 Å². The standard InChI is InChI=1S/C12H25N3.HI/c1-3-5-6-9-14-12(13-4-2)15-10-11-7-8-11;/h11H,3-10H2,1-2H3,(H2,13,14,15);1H. The van der Waals surface area contributed by atoms with Gasteiger partial charge < -0.3 is 10.6 Å². The Kier molecular flexibility index (Phi) is 10.2. The van der Waals surface area contributed by atoms with Gasteiger partial charge in [-0.1, -0.05) is 19.8 Å². The highest BCUT2D eigenvalue weighted by atomic mass is 127. The normalized spacial score (nSPS) is 15.5. The molecule has 0 bridgehead atoms. The maximum Gasteiger partial charge on any atom is 0.191 e. The zero-order chi connectivity index (χ0) is 10.9. The average Bonchev–Trinajstić information content (AvgIpc) is 3.04. The van der Waals surface area contributed by atoms with Crippen molar-refractivity contribution in [1.29, 1.82) is 0 Å². The van der Waals surface area contributed by atoms with E-state index in [1.807, 2.05) is 0 Å². The van der Waals surface area contributed by atoms with Crippen LogP contribution in [0.15, 0.2) is 4.99 Å². The summed E-state index contributed by atoms with van der Waals surface area (Å²) < 4.78 is 0. The number of halogens is 1. The van der Waals surface area contributed by atoms with Crippen LogP contribution in [0.2, 0.25) is 0 Å². The molecular weight excluding hydrogens is 313 g/mol. The van der Waals surface area contributed by atoms with Crippen LogP contribution in [0.3, 0.4) is 0 Å². The lowest BCUT2D eigenvalue weighted by molar-refractivity contribution is 0.681. The van der Waals surface area contributed by atoms with E-state index in [1.54, 1.807) is 0 Å². The van der Waals surface area contributed by atoms with E-state index in [4.69, 9.17) is 0 Å². The molecule has 96 valence electrons. The third kappa shape index (κ3) is 8.19. The molecule has 0 spiro atoms. The molecule has 0 radical (unpaired) electrons. The van der Waals surface area contributed by atoms with Crippen LogP contribution in [0.4, 0.5) is 0 Å². The summed E-state index contributed by atoms with van der Waals surface area (Å²) >= 11 is 0. The highest BCUT2D eigenvalue weighted by Crippen LogP contribution is 2.28. The summed E-state index contributed by atoms with van der Waals surface area (Å²) in [6.07, 6.45) is 6.56. The van der Waals surface area contributed by atoms with Gasteiger partial charge in [-0.2, -0.15) is 0 Å². The third-order valence-electron chi connectivity index (χ3n) is 2.62. The van der Waals surface area contributed by atoms with Crippen molar-refractivity contribution >= 4 is 29.9 Å². The van der Waals surface area contributed by atoms with Crippen LogP contribution in [0, 0.1) is 5.92 Å². The molecule has 1 fully saturated rings. The Bertz CT molecular complexity index is 191. The first-order valence-corrected chi connectivity index (χ1v) is 6.39. The average molecular weight is 339 g/mol. The molecule has 0 aromatic heterocycles. The fourth-order valence-corrected chi connectivity index (χ4v) is 1.44. The Balaban J connectivity index is 0.00000225. The van der Waals surface area contributed by atoms with Crippen LogP contribution in [-0.4, -0.2) is 25.6 Å². The molecule has 3 nitrogen and oxygen atoms in total. The van der Waals surface area contributed by atoms with Crippen LogP contribution in [0.5, 0.6) is 0 Å². The molecule has 1 saturated carbocycles. The van der Waals surface area contributed by atoms with Crippen LogP contribution in [0.1, 0.15) is 46.0 Å².